The standard InChI is InChI=1S/C19H18BrF2NO5/c1-26-16-9-12(6-7-15(16)28-19(21)22)18(25)23-14(10-17(24)27-2)11-4-3-5-13(20)8-11/h3-9,14,19H,10H2,1-2H3,(H,23,25). The first-order chi connectivity index (χ1) is 13.3. The summed E-state index contributed by atoms with van der Waals surface area (Å²) < 4.78 is 39.7. The minimum atomic E-state index is -3.02. The molecule has 0 saturated carbocycles. The van der Waals surface area contributed by atoms with Gasteiger partial charge in [-0.15, -0.1) is 0 Å². The molecule has 2 rings (SSSR count). The average molecular weight is 458 g/mol. The van der Waals surface area contributed by atoms with E-state index in [1.54, 1.807) is 18.2 Å². The second-order valence-electron chi connectivity index (χ2n) is 5.61. The fourth-order valence-corrected chi connectivity index (χ4v) is 2.89. The van der Waals surface area contributed by atoms with E-state index in [0.717, 1.165) is 4.47 Å². The number of carbonyl (C=O) groups is 2. The number of methoxy groups -OCH3 is 2. The number of hydrogen-bond acceptors (Lipinski definition) is 5. The molecule has 0 saturated heterocycles. The van der Waals surface area contributed by atoms with Gasteiger partial charge in [-0.1, -0.05) is 28.1 Å². The predicted octanol–water partition coefficient (Wildman–Crippen LogP) is 4.09. The highest BCUT2D eigenvalue weighted by atomic mass is 79.9. The summed E-state index contributed by atoms with van der Waals surface area (Å²) in [6, 6.07) is 10.3. The second kappa shape index (κ2) is 10.0. The summed E-state index contributed by atoms with van der Waals surface area (Å²) in [4.78, 5) is 24.4. The first kappa shape index (κ1) is 21.6. The van der Waals surface area contributed by atoms with E-state index in [1.807, 2.05) is 6.07 Å². The molecule has 0 aromatic heterocycles. The molecule has 0 radical (unpaired) electrons. The van der Waals surface area contributed by atoms with Gasteiger partial charge < -0.3 is 19.5 Å². The number of amides is 1. The SMILES string of the molecule is COC(=O)CC(NC(=O)c1ccc(OC(F)F)c(OC)c1)c1cccc(Br)c1. The number of halogens is 3. The van der Waals surface area contributed by atoms with Gasteiger partial charge in [-0.05, 0) is 35.9 Å². The van der Waals surface area contributed by atoms with Crippen molar-refractivity contribution in [2.45, 2.75) is 19.1 Å². The van der Waals surface area contributed by atoms with Gasteiger partial charge in [0.1, 0.15) is 0 Å². The highest BCUT2D eigenvalue weighted by Gasteiger charge is 2.21. The molecule has 6 nitrogen and oxygen atoms in total. The minimum absolute atomic E-state index is 0.0140. The van der Waals surface area contributed by atoms with Crippen molar-refractivity contribution in [1.29, 1.82) is 0 Å². The molecule has 1 unspecified atom stereocenters. The smallest absolute Gasteiger partial charge is 0.387 e. The Hall–Kier alpha value is -2.68. The third-order valence-corrected chi connectivity index (χ3v) is 4.29. The topological polar surface area (TPSA) is 73.9 Å². The molecule has 0 bridgehead atoms. The van der Waals surface area contributed by atoms with Crippen molar-refractivity contribution < 1.29 is 32.6 Å². The highest BCUT2D eigenvalue weighted by molar-refractivity contribution is 9.10. The van der Waals surface area contributed by atoms with Crippen LogP contribution < -0.4 is 14.8 Å². The van der Waals surface area contributed by atoms with Crippen LogP contribution in [0.15, 0.2) is 46.9 Å². The van der Waals surface area contributed by atoms with Gasteiger partial charge >= 0.3 is 12.6 Å². The van der Waals surface area contributed by atoms with Crippen molar-refractivity contribution in [3.05, 3.63) is 58.1 Å². The summed E-state index contributed by atoms with van der Waals surface area (Å²) in [5, 5.41) is 2.75. The Balaban J connectivity index is 2.26. The first-order valence-electron chi connectivity index (χ1n) is 8.10. The van der Waals surface area contributed by atoms with Crippen molar-refractivity contribution in [3.63, 3.8) is 0 Å². The summed E-state index contributed by atoms with van der Waals surface area (Å²) in [6.45, 7) is -3.02. The molecule has 1 N–H and O–H groups in total. The van der Waals surface area contributed by atoms with Gasteiger partial charge in [0, 0.05) is 10.0 Å². The Morgan fingerprint density at radius 3 is 2.46 bits per heavy atom. The normalized spacial score (nSPS) is 11.6. The monoisotopic (exact) mass is 457 g/mol. The minimum Gasteiger partial charge on any atom is -0.493 e. The maximum Gasteiger partial charge on any atom is 0.387 e. The Kier molecular flexibility index (Phi) is 7.74. The van der Waals surface area contributed by atoms with Crippen LogP contribution in [0.25, 0.3) is 0 Å². The van der Waals surface area contributed by atoms with Gasteiger partial charge in [-0.2, -0.15) is 8.78 Å². The lowest BCUT2D eigenvalue weighted by Crippen LogP contribution is -2.30. The number of esters is 1. The maximum atomic E-state index is 12.7. The molecular weight excluding hydrogens is 440 g/mol. The first-order valence-corrected chi connectivity index (χ1v) is 8.89. The summed E-state index contributed by atoms with van der Waals surface area (Å²) >= 11 is 3.35. The van der Waals surface area contributed by atoms with Gasteiger partial charge in [0.05, 0.1) is 26.7 Å². The second-order valence-corrected chi connectivity index (χ2v) is 6.52. The van der Waals surface area contributed by atoms with Crippen LogP contribution in [0.3, 0.4) is 0 Å². The van der Waals surface area contributed by atoms with Crippen molar-refractivity contribution in [1.82, 2.24) is 5.32 Å². The molecule has 0 heterocycles. The van der Waals surface area contributed by atoms with Crippen molar-refractivity contribution in [2.24, 2.45) is 0 Å². The van der Waals surface area contributed by atoms with E-state index < -0.39 is 24.5 Å². The third kappa shape index (κ3) is 5.91. The van der Waals surface area contributed by atoms with Crippen molar-refractivity contribution >= 4 is 27.8 Å². The van der Waals surface area contributed by atoms with Gasteiger partial charge in [0.2, 0.25) is 0 Å². The number of alkyl halides is 2. The van der Waals surface area contributed by atoms with Crippen LogP contribution in [-0.4, -0.2) is 32.7 Å². The molecule has 0 aliphatic heterocycles. The molecule has 1 atom stereocenters. The predicted molar refractivity (Wildman–Crippen MR) is 101 cm³/mol. The van der Waals surface area contributed by atoms with E-state index >= 15 is 0 Å². The van der Waals surface area contributed by atoms with Gasteiger partial charge in [0.25, 0.3) is 5.91 Å². The van der Waals surface area contributed by atoms with Gasteiger partial charge in [-0.25, -0.2) is 0 Å². The lowest BCUT2D eigenvalue weighted by atomic mass is 10.0. The number of rotatable bonds is 8. The van der Waals surface area contributed by atoms with Crippen molar-refractivity contribution in [3.8, 4) is 11.5 Å². The van der Waals surface area contributed by atoms with Crippen LogP contribution in [0.4, 0.5) is 8.78 Å². The third-order valence-electron chi connectivity index (χ3n) is 3.80. The van der Waals surface area contributed by atoms with Crippen LogP contribution in [-0.2, 0) is 9.53 Å². The average Bonchev–Trinajstić information content (AvgIpc) is 2.67. The van der Waals surface area contributed by atoms with Crippen molar-refractivity contribution in [2.75, 3.05) is 14.2 Å². The largest absolute Gasteiger partial charge is 0.493 e. The summed E-state index contributed by atoms with van der Waals surface area (Å²) in [7, 11) is 2.53. The molecule has 0 fully saturated rings. The number of benzene rings is 2. The fraction of sp³-hybridized carbons (Fsp3) is 0.263. The molecule has 150 valence electrons. The number of ether oxygens (including phenoxy) is 3. The number of hydrogen-bond donors (Lipinski definition) is 1. The van der Waals surface area contributed by atoms with E-state index in [-0.39, 0.29) is 23.5 Å². The zero-order valence-corrected chi connectivity index (χ0v) is 16.7. The van der Waals surface area contributed by atoms with Gasteiger partial charge in [0.15, 0.2) is 11.5 Å². The zero-order chi connectivity index (χ0) is 20.7. The van der Waals surface area contributed by atoms with Crippen LogP contribution in [0.2, 0.25) is 0 Å². The van der Waals surface area contributed by atoms with Crippen LogP contribution >= 0.6 is 15.9 Å². The summed E-state index contributed by atoms with van der Waals surface area (Å²) in [5.74, 6) is -1.22. The molecular formula is C19H18BrF2NO5. The zero-order valence-electron chi connectivity index (χ0n) is 15.1. The number of carbonyl (C=O) groups excluding carboxylic acids is 2. The molecule has 0 aliphatic carbocycles. The van der Waals surface area contributed by atoms with Crippen LogP contribution in [0.5, 0.6) is 11.5 Å². The molecule has 0 spiro atoms. The molecule has 0 aliphatic rings. The number of nitrogens with one attached hydrogen (secondary N) is 1. The Morgan fingerprint density at radius 2 is 1.86 bits per heavy atom. The van der Waals surface area contributed by atoms with E-state index in [2.05, 4.69) is 26.0 Å². The molecule has 1 amide bonds. The van der Waals surface area contributed by atoms with E-state index in [9.17, 15) is 18.4 Å². The quantitative estimate of drug-likeness (QED) is 0.604. The van der Waals surface area contributed by atoms with Gasteiger partial charge in [-0.3, -0.25) is 9.59 Å². The maximum absolute atomic E-state index is 12.7. The molecule has 2 aromatic carbocycles. The summed E-state index contributed by atoms with van der Waals surface area (Å²) in [6.07, 6.45) is -0.0809. The highest BCUT2D eigenvalue weighted by Crippen LogP contribution is 2.30. The fourth-order valence-electron chi connectivity index (χ4n) is 2.47. The van der Waals surface area contributed by atoms with E-state index in [1.165, 1.54) is 32.4 Å². The Bertz CT molecular complexity index is 847. The molecule has 9 heteroatoms. The van der Waals surface area contributed by atoms with Crippen LogP contribution in [0.1, 0.15) is 28.4 Å². The van der Waals surface area contributed by atoms with E-state index in [4.69, 9.17) is 9.47 Å². The Labute approximate surface area is 168 Å². The lowest BCUT2D eigenvalue weighted by molar-refractivity contribution is -0.141. The van der Waals surface area contributed by atoms with E-state index in [0.29, 0.717) is 5.56 Å². The van der Waals surface area contributed by atoms with Crippen LogP contribution in [0, 0.1) is 0 Å². The Morgan fingerprint density at radius 1 is 1.11 bits per heavy atom. The molecule has 2 aromatic rings. The summed E-state index contributed by atoms with van der Waals surface area (Å²) in [5.41, 5.74) is 0.848. The molecule has 28 heavy (non-hydrogen) atoms. The lowest BCUT2D eigenvalue weighted by Gasteiger charge is -2.19.